The van der Waals surface area contributed by atoms with E-state index in [2.05, 4.69) is 4.74 Å². The molecule has 1 heterocycles. The predicted molar refractivity (Wildman–Crippen MR) is 47.6 cm³/mol. The highest BCUT2D eigenvalue weighted by atomic mass is 35.5. The van der Waals surface area contributed by atoms with Gasteiger partial charge >= 0.3 is 5.97 Å². The number of Topliss-reactive ketones (excluding diaryl/α,β-unsaturated/α-hetero) is 1. The van der Waals surface area contributed by atoms with Crippen LogP contribution < -0.4 is 0 Å². The van der Waals surface area contributed by atoms with Crippen LogP contribution in [0.25, 0.3) is 0 Å². The Morgan fingerprint density at radius 3 is 2.71 bits per heavy atom. The molecule has 1 atom stereocenters. The number of methoxy groups -OCH3 is 1. The van der Waals surface area contributed by atoms with Gasteiger partial charge in [-0.2, -0.15) is 0 Å². The normalized spacial score (nSPS) is 20.3. The maximum absolute atomic E-state index is 11.2. The summed E-state index contributed by atoms with van der Waals surface area (Å²) in [6.07, 6.45) is -0.0586. The molecule has 0 bridgehead atoms. The van der Waals surface area contributed by atoms with Crippen molar-refractivity contribution in [1.29, 1.82) is 0 Å². The monoisotopic (exact) mass is 219 g/mol. The minimum Gasteiger partial charge on any atom is -0.469 e. The number of carbonyl (C=O) groups excluding carboxylic acids is 3. The molecule has 0 N–H and O–H groups in total. The fourth-order valence-electron chi connectivity index (χ4n) is 1.08. The maximum Gasteiger partial charge on any atom is 0.313 e. The van der Waals surface area contributed by atoms with E-state index < -0.39 is 11.5 Å². The van der Waals surface area contributed by atoms with Crippen molar-refractivity contribution in [3.63, 3.8) is 0 Å². The fraction of sp³-hybridized carbons (Fsp3) is 0.625. The minimum absolute atomic E-state index is 0.109. The molecule has 6 heteroatoms. The highest BCUT2D eigenvalue weighted by molar-refractivity contribution is 6.25. The van der Waals surface area contributed by atoms with Gasteiger partial charge in [0.15, 0.2) is 5.78 Å². The van der Waals surface area contributed by atoms with Crippen LogP contribution in [0.2, 0.25) is 0 Å². The second kappa shape index (κ2) is 4.41. The Morgan fingerprint density at radius 2 is 2.29 bits per heavy atom. The van der Waals surface area contributed by atoms with Crippen LogP contribution in [-0.2, 0) is 19.1 Å². The molecule has 0 aromatic rings. The first-order valence-electron chi connectivity index (χ1n) is 4.06. The highest BCUT2D eigenvalue weighted by Crippen LogP contribution is 2.21. The number of β-lactam (4-membered cyclic amide) rings is 1. The Balaban J connectivity index is 2.33. The van der Waals surface area contributed by atoms with Crippen LogP contribution in [0.4, 0.5) is 0 Å². The molecule has 0 saturated carbocycles. The van der Waals surface area contributed by atoms with E-state index in [1.807, 2.05) is 0 Å². The number of amides is 1. The molecule has 1 unspecified atom stereocenters. The summed E-state index contributed by atoms with van der Waals surface area (Å²) in [5.74, 6) is -1.13. The van der Waals surface area contributed by atoms with Crippen LogP contribution >= 0.6 is 11.6 Å². The number of likely N-dealkylation sites (tertiary alicyclic amines) is 1. The SMILES string of the molecule is COC(=O)CC(=O)CN1C(=O)CC1Cl. The molecule has 5 nitrogen and oxygen atoms in total. The third-order valence-electron chi connectivity index (χ3n) is 1.92. The van der Waals surface area contributed by atoms with Crippen molar-refractivity contribution < 1.29 is 19.1 Å². The van der Waals surface area contributed by atoms with E-state index in [-0.39, 0.29) is 31.1 Å². The van der Waals surface area contributed by atoms with Gasteiger partial charge in [-0.25, -0.2) is 0 Å². The van der Waals surface area contributed by atoms with Crippen LogP contribution in [0.15, 0.2) is 0 Å². The third-order valence-corrected chi connectivity index (χ3v) is 2.31. The van der Waals surface area contributed by atoms with E-state index in [0.29, 0.717) is 0 Å². The summed E-state index contributed by atoms with van der Waals surface area (Å²) in [6, 6.07) is 0. The van der Waals surface area contributed by atoms with Crippen molar-refractivity contribution in [2.75, 3.05) is 13.7 Å². The van der Waals surface area contributed by atoms with E-state index in [4.69, 9.17) is 11.6 Å². The number of hydrogen-bond acceptors (Lipinski definition) is 4. The molecular formula is C8H10ClNO4. The van der Waals surface area contributed by atoms with Gasteiger partial charge in [0.2, 0.25) is 5.91 Å². The smallest absolute Gasteiger partial charge is 0.313 e. The van der Waals surface area contributed by atoms with Gasteiger partial charge in [0.1, 0.15) is 11.9 Å². The molecule has 0 aromatic heterocycles. The molecule has 0 spiro atoms. The lowest BCUT2D eigenvalue weighted by Gasteiger charge is -2.35. The summed E-state index contributed by atoms with van der Waals surface area (Å²) in [4.78, 5) is 34.0. The number of halogens is 1. The molecule has 0 aromatic carbocycles. The number of carbonyl (C=O) groups is 3. The van der Waals surface area contributed by atoms with Gasteiger partial charge in [-0.15, -0.1) is 0 Å². The average molecular weight is 220 g/mol. The number of alkyl halides is 1. The Kier molecular flexibility index (Phi) is 3.46. The molecular weight excluding hydrogens is 210 g/mol. The van der Waals surface area contributed by atoms with Gasteiger partial charge in [0, 0.05) is 0 Å². The molecule has 0 radical (unpaired) electrons. The minimum atomic E-state index is -0.603. The van der Waals surface area contributed by atoms with Crippen LogP contribution in [-0.4, -0.2) is 41.7 Å². The Hall–Kier alpha value is -1.10. The van der Waals surface area contributed by atoms with Crippen molar-refractivity contribution >= 4 is 29.3 Å². The van der Waals surface area contributed by atoms with Crippen molar-refractivity contribution in [1.82, 2.24) is 4.90 Å². The topological polar surface area (TPSA) is 63.7 Å². The summed E-state index contributed by atoms with van der Waals surface area (Å²) >= 11 is 5.66. The molecule has 1 rings (SSSR count). The van der Waals surface area contributed by atoms with E-state index in [0.717, 1.165) is 0 Å². The van der Waals surface area contributed by atoms with Crippen molar-refractivity contribution in [3.8, 4) is 0 Å². The number of rotatable bonds is 4. The van der Waals surface area contributed by atoms with Crippen molar-refractivity contribution in [3.05, 3.63) is 0 Å². The quantitative estimate of drug-likeness (QED) is 0.218. The van der Waals surface area contributed by atoms with E-state index in [1.54, 1.807) is 0 Å². The number of ether oxygens (including phenoxy) is 1. The molecule has 1 saturated heterocycles. The van der Waals surface area contributed by atoms with Crippen LogP contribution in [0.3, 0.4) is 0 Å². The lowest BCUT2D eigenvalue weighted by atomic mass is 10.1. The van der Waals surface area contributed by atoms with Gasteiger partial charge in [-0.3, -0.25) is 14.4 Å². The lowest BCUT2D eigenvalue weighted by molar-refractivity contribution is -0.149. The zero-order valence-corrected chi connectivity index (χ0v) is 8.41. The number of esters is 1. The van der Waals surface area contributed by atoms with Crippen molar-refractivity contribution in [2.24, 2.45) is 0 Å². The molecule has 14 heavy (non-hydrogen) atoms. The molecule has 1 aliphatic rings. The first kappa shape index (κ1) is 11.0. The zero-order chi connectivity index (χ0) is 10.7. The first-order chi connectivity index (χ1) is 6.54. The largest absolute Gasteiger partial charge is 0.469 e. The highest BCUT2D eigenvalue weighted by Gasteiger charge is 2.35. The van der Waals surface area contributed by atoms with Gasteiger partial charge in [0.25, 0.3) is 0 Å². The van der Waals surface area contributed by atoms with Gasteiger partial charge < -0.3 is 9.64 Å². The van der Waals surface area contributed by atoms with Gasteiger partial charge in [0.05, 0.1) is 20.1 Å². The average Bonchev–Trinajstić information content (AvgIpc) is 2.14. The van der Waals surface area contributed by atoms with Crippen LogP contribution in [0.5, 0.6) is 0 Å². The number of hydrogen-bond donors (Lipinski definition) is 0. The van der Waals surface area contributed by atoms with Crippen LogP contribution in [0, 0.1) is 0 Å². The number of ketones is 1. The third kappa shape index (κ3) is 2.45. The van der Waals surface area contributed by atoms with E-state index in [9.17, 15) is 14.4 Å². The summed E-state index contributed by atoms with van der Waals surface area (Å²) in [5, 5.41) is 0. The van der Waals surface area contributed by atoms with Gasteiger partial charge in [-0.05, 0) is 0 Å². The Morgan fingerprint density at radius 1 is 1.64 bits per heavy atom. The Labute approximate surface area is 85.9 Å². The lowest BCUT2D eigenvalue weighted by Crippen LogP contribution is -2.51. The standard InChI is InChI=1S/C8H10ClNO4/c1-14-8(13)2-5(11)4-10-6(9)3-7(10)12/h6H,2-4H2,1H3. The fourth-order valence-corrected chi connectivity index (χ4v) is 1.39. The zero-order valence-electron chi connectivity index (χ0n) is 7.66. The summed E-state index contributed by atoms with van der Waals surface area (Å²) < 4.78 is 4.31. The molecule has 1 aliphatic heterocycles. The summed E-state index contributed by atoms with van der Waals surface area (Å²) in [7, 11) is 1.20. The molecule has 1 fully saturated rings. The van der Waals surface area contributed by atoms with Gasteiger partial charge in [-0.1, -0.05) is 11.6 Å². The maximum atomic E-state index is 11.2. The second-order valence-corrected chi connectivity index (χ2v) is 3.46. The summed E-state index contributed by atoms with van der Waals surface area (Å²) in [6.45, 7) is -0.109. The molecule has 0 aliphatic carbocycles. The molecule has 1 amide bonds. The summed E-state index contributed by atoms with van der Waals surface area (Å²) in [5.41, 5.74) is -0.413. The second-order valence-electron chi connectivity index (χ2n) is 2.95. The number of nitrogens with zero attached hydrogens (tertiary/aromatic N) is 1. The van der Waals surface area contributed by atoms with Crippen LogP contribution in [0.1, 0.15) is 12.8 Å². The van der Waals surface area contributed by atoms with Crippen molar-refractivity contribution in [2.45, 2.75) is 18.3 Å². The molecule has 78 valence electrons. The first-order valence-corrected chi connectivity index (χ1v) is 4.50. The predicted octanol–water partition coefficient (Wildman–Crippen LogP) is -0.0842. The van der Waals surface area contributed by atoms with E-state index in [1.165, 1.54) is 12.0 Å². The van der Waals surface area contributed by atoms with E-state index >= 15 is 0 Å². The Bertz CT molecular complexity index is 279.